The third-order valence-corrected chi connectivity index (χ3v) is 2.97. The molecule has 0 fully saturated rings. The second-order valence-corrected chi connectivity index (χ2v) is 4.52. The summed E-state index contributed by atoms with van der Waals surface area (Å²) in [5, 5.41) is 6.46. The van der Waals surface area contributed by atoms with Crippen molar-refractivity contribution >= 4 is 22.1 Å². The standard InChI is InChI=1S/C11H13BrN2/c1-9-6-7-13-14(9)8-10-2-4-11(12)5-3-10/h2-5,7,9H,6,8H2,1H3. The summed E-state index contributed by atoms with van der Waals surface area (Å²) in [6.45, 7) is 3.11. The molecular formula is C11H13BrN2. The molecule has 2 rings (SSSR count). The predicted molar refractivity (Wildman–Crippen MR) is 62.3 cm³/mol. The van der Waals surface area contributed by atoms with Crippen LogP contribution in [0.25, 0.3) is 0 Å². The van der Waals surface area contributed by atoms with Crippen molar-refractivity contribution in [1.29, 1.82) is 0 Å². The largest absolute Gasteiger partial charge is 0.290 e. The number of hydrogen-bond acceptors (Lipinski definition) is 2. The maximum atomic E-state index is 4.33. The molecule has 3 heteroatoms. The van der Waals surface area contributed by atoms with Crippen LogP contribution < -0.4 is 0 Å². The van der Waals surface area contributed by atoms with Gasteiger partial charge in [-0.2, -0.15) is 5.10 Å². The highest BCUT2D eigenvalue weighted by molar-refractivity contribution is 9.10. The first-order chi connectivity index (χ1) is 6.75. The van der Waals surface area contributed by atoms with Gasteiger partial charge in [-0.05, 0) is 24.6 Å². The summed E-state index contributed by atoms with van der Waals surface area (Å²) in [4.78, 5) is 0. The van der Waals surface area contributed by atoms with E-state index in [0.29, 0.717) is 6.04 Å². The Balaban J connectivity index is 2.03. The van der Waals surface area contributed by atoms with Gasteiger partial charge in [0.15, 0.2) is 0 Å². The second kappa shape index (κ2) is 4.13. The Bertz CT molecular complexity index is 332. The molecule has 1 aliphatic heterocycles. The molecule has 0 bridgehead atoms. The molecule has 1 atom stereocenters. The van der Waals surface area contributed by atoms with Gasteiger partial charge < -0.3 is 0 Å². The molecule has 0 N–H and O–H groups in total. The molecule has 0 radical (unpaired) electrons. The number of hydrazone groups is 1. The van der Waals surface area contributed by atoms with Crippen LogP contribution in [0.1, 0.15) is 18.9 Å². The lowest BCUT2D eigenvalue weighted by Crippen LogP contribution is -2.22. The number of rotatable bonds is 2. The molecule has 0 saturated carbocycles. The van der Waals surface area contributed by atoms with Crippen molar-refractivity contribution in [3.8, 4) is 0 Å². The number of benzene rings is 1. The molecule has 14 heavy (non-hydrogen) atoms. The smallest absolute Gasteiger partial charge is 0.0613 e. The van der Waals surface area contributed by atoms with Gasteiger partial charge in [-0.3, -0.25) is 5.01 Å². The van der Waals surface area contributed by atoms with E-state index in [2.05, 4.69) is 57.2 Å². The Labute approximate surface area is 92.7 Å². The molecule has 0 aliphatic carbocycles. The average Bonchev–Trinajstić information content (AvgIpc) is 2.56. The maximum absolute atomic E-state index is 4.33. The molecule has 1 unspecified atom stereocenters. The predicted octanol–water partition coefficient (Wildman–Crippen LogP) is 3.03. The zero-order valence-corrected chi connectivity index (χ0v) is 9.74. The number of hydrogen-bond donors (Lipinski definition) is 0. The normalized spacial score (nSPS) is 20.4. The van der Waals surface area contributed by atoms with Crippen molar-refractivity contribution < 1.29 is 0 Å². The van der Waals surface area contributed by atoms with Crippen molar-refractivity contribution in [2.24, 2.45) is 5.10 Å². The quantitative estimate of drug-likeness (QED) is 0.791. The fraction of sp³-hybridized carbons (Fsp3) is 0.364. The zero-order chi connectivity index (χ0) is 9.97. The molecule has 0 spiro atoms. The van der Waals surface area contributed by atoms with Gasteiger partial charge in [0.05, 0.1) is 6.54 Å². The molecule has 0 saturated heterocycles. The lowest BCUT2D eigenvalue weighted by atomic mass is 10.2. The van der Waals surface area contributed by atoms with Gasteiger partial charge in [-0.25, -0.2) is 0 Å². The molecule has 0 aromatic heterocycles. The first kappa shape index (κ1) is 9.71. The zero-order valence-electron chi connectivity index (χ0n) is 8.15. The van der Waals surface area contributed by atoms with Gasteiger partial charge >= 0.3 is 0 Å². The molecule has 1 aromatic carbocycles. The van der Waals surface area contributed by atoms with Crippen LogP contribution >= 0.6 is 15.9 Å². The highest BCUT2D eigenvalue weighted by atomic mass is 79.9. The minimum absolute atomic E-state index is 0.540. The molecule has 74 valence electrons. The number of nitrogens with zero attached hydrogens (tertiary/aromatic N) is 2. The minimum Gasteiger partial charge on any atom is -0.290 e. The van der Waals surface area contributed by atoms with Crippen LogP contribution in [0.5, 0.6) is 0 Å². The summed E-state index contributed by atoms with van der Waals surface area (Å²) in [6, 6.07) is 8.94. The minimum atomic E-state index is 0.540. The van der Waals surface area contributed by atoms with E-state index in [9.17, 15) is 0 Å². The fourth-order valence-corrected chi connectivity index (χ4v) is 1.78. The van der Waals surface area contributed by atoms with Gasteiger partial charge in [-0.15, -0.1) is 0 Å². The van der Waals surface area contributed by atoms with Gasteiger partial charge in [0.2, 0.25) is 0 Å². The van der Waals surface area contributed by atoms with Gasteiger partial charge in [0.1, 0.15) is 0 Å². The molecule has 1 heterocycles. The fourth-order valence-electron chi connectivity index (χ4n) is 1.51. The van der Waals surface area contributed by atoms with E-state index in [-0.39, 0.29) is 0 Å². The molecular weight excluding hydrogens is 240 g/mol. The van der Waals surface area contributed by atoms with Gasteiger partial charge in [0.25, 0.3) is 0 Å². The Morgan fingerprint density at radius 2 is 2.14 bits per heavy atom. The van der Waals surface area contributed by atoms with E-state index in [4.69, 9.17) is 0 Å². The van der Waals surface area contributed by atoms with Crippen LogP contribution in [0, 0.1) is 0 Å². The SMILES string of the molecule is CC1CC=NN1Cc1ccc(Br)cc1. The molecule has 2 nitrogen and oxygen atoms in total. The highest BCUT2D eigenvalue weighted by Gasteiger charge is 2.15. The second-order valence-electron chi connectivity index (χ2n) is 3.61. The van der Waals surface area contributed by atoms with E-state index < -0.39 is 0 Å². The monoisotopic (exact) mass is 252 g/mol. The van der Waals surface area contributed by atoms with Crippen molar-refractivity contribution in [3.63, 3.8) is 0 Å². The lowest BCUT2D eigenvalue weighted by molar-refractivity contribution is 0.236. The van der Waals surface area contributed by atoms with Gasteiger partial charge in [0, 0.05) is 23.1 Å². The highest BCUT2D eigenvalue weighted by Crippen LogP contribution is 2.16. The van der Waals surface area contributed by atoms with E-state index in [1.54, 1.807) is 0 Å². The van der Waals surface area contributed by atoms with Gasteiger partial charge in [-0.1, -0.05) is 28.1 Å². The average molecular weight is 253 g/mol. The third kappa shape index (κ3) is 2.15. The van der Waals surface area contributed by atoms with E-state index in [1.165, 1.54) is 5.56 Å². The Kier molecular flexibility index (Phi) is 2.87. The van der Waals surface area contributed by atoms with E-state index >= 15 is 0 Å². The lowest BCUT2D eigenvalue weighted by Gasteiger charge is -2.20. The molecule has 1 aliphatic rings. The third-order valence-electron chi connectivity index (χ3n) is 2.44. The summed E-state index contributed by atoms with van der Waals surface area (Å²) in [5.41, 5.74) is 1.30. The van der Waals surface area contributed by atoms with E-state index in [1.807, 2.05) is 6.21 Å². The Morgan fingerprint density at radius 3 is 2.71 bits per heavy atom. The summed E-state index contributed by atoms with van der Waals surface area (Å²) in [7, 11) is 0. The first-order valence-electron chi connectivity index (χ1n) is 4.79. The summed E-state index contributed by atoms with van der Waals surface area (Å²) >= 11 is 3.43. The maximum Gasteiger partial charge on any atom is 0.0613 e. The summed E-state index contributed by atoms with van der Waals surface area (Å²) in [6.07, 6.45) is 3.06. The Morgan fingerprint density at radius 1 is 1.43 bits per heavy atom. The van der Waals surface area contributed by atoms with Crippen LogP contribution in [0.15, 0.2) is 33.8 Å². The van der Waals surface area contributed by atoms with Crippen molar-refractivity contribution in [2.75, 3.05) is 0 Å². The summed E-state index contributed by atoms with van der Waals surface area (Å²) in [5.74, 6) is 0. The van der Waals surface area contributed by atoms with Crippen LogP contribution in [-0.2, 0) is 6.54 Å². The topological polar surface area (TPSA) is 15.6 Å². The van der Waals surface area contributed by atoms with Crippen molar-refractivity contribution in [2.45, 2.75) is 25.9 Å². The number of halogens is 1. The first-order valence-corrected chi connectivity index (χ1v) is 5.58. The van der Waals surface area contributed by atoms with Crippen LogP contribution in [0.2, 0.25) is 0 Å². The van der Waals surface area contributed by atoms with Crippen LogP contribution in [0.3, 0.4) is 0 Å². The van der Waals surface area contributed by atoms with Crippen LogP contribution in [0.4, 0.5) is 0 Å². The summed E-state index contributed by atoms with van der Waals surface area (Å²) < 4.78 is 1.12. The van der Waals surface area contributed by atoms with E-state index in [0.717, 1.165) is 17.4 Å². The molecule has 0 amide bonds. The van der Waals surface area contributed by atoms with Crippen molar-refractivity contribution in [1.82, 2.24) is 5.01 Å². The van der Waals surface area contributed by atoms with Crippen molar-refractivity contribution in [3.05, 3.63) is 34.3 Å². The Hall–Kier alpha value is -0.830. The van der Waals surface area contributed by atoms with Crippen LogP contribution in [-0.4, -0.2) is 17.3 Å². The molecule has 1 aromatic rings.